The highest BCUT2D eigenvalue weighted by molar-refractivity contribution is 6.35. The van der Waals surface area contributed by atoms with Crippen LogP contribution < -0.4 is 16.6 Å². The van der Waals surface area contributed by atoms with Gasteiger partial charge in [0.2, 0.25) is 5.82 Å². The number of hydrogen-bond acceptors (Lipinski definition) is 10. The number of hydrogen-bond donors (Lipinski definition) is 4. The number of aryl methyl sites for hydroxylation is 1. The van der Waals surface area contributed by atoms with Crippen LogP contribution in [-0.2, 0) is 13.7 Å². The second-order valence-corrected chi connectivity index (χ2v) is 8.18. The summed E-state index contributed by atoms with van der Waals surface area (Å²) in [6.07, 6.45) is 1.32. The topological polar surface area (TPSA) is 178 Å². The molecule has 14 heteroatoms. The van der Waals surface area contributed by atoms with Gasteiger partial charge in [0.05, 0.1) is 41.5 Å². The van der Waals surface area contributed by atoms with E-state index in [0.717, 1.165) is 0 Å². The van der Waals surface area contributed by atoms with Crippen LogP contribution in [0, 0.1) is 0 Å². The Morgan fingerprint density at radius 3 is 2.83 bits per heavy atom. The van der Waals surface area contributed by atoms with E-state index in [-0.39, 0.29) is 23.8 Å². The molecule has 35 heavy (non-hydrogen) atoms. The van der Waals surface area contributed by atoms with Crippen molar-refractivity contribution in [3.8, 4) is 17.2 Å². The zero-order valence-corrected chi connectivity index (χ0v) is 19.4. The number of aromatic nitrogens is 9. The molecule has 0 fully saturated rings. The minimum absolute atomic E-state index is 0.172. The number of pyridine rings is 1. The largest absolute Gasteiger partial charge is 0.390 e. The SMILES string of the molecule is CC(Nc1ncnc(N)c1-c1nnn(C)n1)c1cc2cccc(Cl)c2c(=O)n1-c1cc(CO)[nH]n1. The first-order chi connectivity index (χ1) is 16.9. The van der Waals surface area contributed by atoms with Gasteiger partial charge in [-0.1, -0.05) is 23.7 Å². The lowest BCUT2D eigenvalue weighted by Crippen LogP contribution is -2.26. The lowest BCUT2D eigenvalue weighted by Gasteiger charge is -2.21. The first-order valence-corrected chi connectivity index (χ1v) is 10.9. The average Bonchev–Trinajstić information content (AvgIpc) is 3.48. The van der Waals surface area contributed by atoms with E-state index in [1.807, 2.05) is 19.1 Å². The highest BCUT2D eigenvalue weighted by atomic mass is 35.5. The normalized spacial score (nSPS) is 12.2. The fourth-order valence-corrected chi connectivity index (χ4v) is 4.09. The van der Waals surface area contributed by atoms with Gasteiger partial charge in [0.25, 0.3) is 5.56 Å². The predicted octanol–water partition coefficient (Wildman–Crippen LogP) is 1.60. The fraction of sp³-hybridized carbons (Fsp3) is 0.190. The van der Waals surface area contributed by atoms with Crippen molar-refractivity contribution in [1.29, 1.82) is 0 Å². The highest BCUT2D eigenvalue weighted by Gasteiger charge is 2.23. The molecule has 5 N–H and O–H groups in total. The van der Waals surface area contributed by atoms with Gasteiger partial charge in [0.1, 0.15) is 23.5 Å². The third kappa shape index (κ3) is 3.96. The minimum atomic E-state index is -0.481. The van der Waals surface area contributed by atoms with Gasteiger partial charge in [-0.2, -0.15) is 9.90 Å². The number of fused-ring (bicyclic) bond motifs is 1. The van der Waals surface area contributed by atoms with Crippen molar-refractivity contribution in [2.24, 2.45) is 7.05 Å². The van der Waals surface area contributed by atoms with Crippen molar-refractivity contribution in [3.63, 3.8) is 0 Å². The number of H-pyrrole nitrogens is 1. The summed E-state index contributed by atoms with van der Waals surface area (Å²) in [5.74, 6) is 1.09. The Labute approximate surface area is 202 Å². The maximum absolute atomic E-state index is 13.6. The molecular weight excluding hydrogens is 474 g/mol. The predicted molar refractivity (Wildman–Crippen MR) is 129 cm³/mol. The average molecular weight is 494 g/mol. The second kappa shape index (κ2) is 8.77. The van der Waals surface area contributed by atoms with Crippen molar-refractivity contribution in [2.45, 2.75) is 19.6 Å². The number of anilines is 2. The van der Waals surface area contributed by atoms with Crippen LogP contribution in [0.3, 0.4) is 0 Å². The van der Waals surface area contributed by atoms with Gasteiger partial charge in [-0.05, 0) is 29.7 Å². The van der Waals surface area contributed by atoms with Gasteiger partial charge in [0, 0.05) is 6.07 Å². The Bertz CT molecular complexity index is 1610. The molecule has 178 valence electrons. The number of tetrazole rings is 1. The van der Waals surface area contributed by atoms with Crippen molar-refractivity contribution < 1.29 is 5.11 Å². The van der Waals surface area contributed by atoms with Crippen LogP contribution in [0.4, 0.5) is 11.6 Å². The van der Waals surface area contributed by atoms with Crippen molar-refractivity contribution >= 4 is 34.0 Å². The van der Waals surface area contributed by atoms with Crippen LogP contribution in [0.2, 0.25) is 5.02 Å². The molecule has 0 aliphatic carbocycles. The molecule has 0 amide bonds. The first kappa shape index (κ1) is 22.4. The Balaban J connectivity index is 1.67. The maximum Gasteiger partial charge on any atom is 0.266 e. The van der Waals surface area contributed by atoms with Gasteiger partial charge in [-0.25, -0.2) is 9.97 Å². The highest BCUT2D eigenvalue weighted by Crippen LogP contribution is 2.31. The summed E-state index contributed by atoms with van der Waals surface area (Å²) in [5.41, 5.74) is 7.16. The van der Waals surface area contributed by atoms with E-state index in [4.69, 9.17) is 17.3 Å². The number of aliphatic hydroxyl groups excluding tert-OH is 1. The minimum Gasteiger partial charge on any atom is -0.390 e. The van der Waals surface area contributed by atoms with Crippen LogP contribution in [0.15, 0.2) is 41.5 Å². The van der Waals surface area contributed by atoms with Gasteiger partial charge in [-0.15, -0.1) is 10.2 Å². The Morgan fingerprint density at radius 1 is 1.29 bits per heavy atom. The Morgan fingerprint density at radius 2 is 2.11 bits per heavy atom. The molecule has 0 saturated heterocycles. The zero-order chi connectivity index (χ0) is 24.7. The summed E-state index contributed by atoms with van der Waals surface area (Å²) in [6, 6.07) is 8.20. The summed E-state index contributed by atoms with van der Waals surface area (Å²) in [6.45, 7) is 1.60. The van der Waals surface area contributed by atoms with Crippen molar-refractivity contribution in [1.82, 2.24) is 44.9 Å². The molecule has 13 nitrogen and oxygen atoms in total. The fourth-order valence-electron chi connectivity index (χ4n) is 3.83. The Kier molecular flexibility index (Phi) is 5.62. The van der Waals surface area contributed by atoms with Crippen LogP contribution >= 0.6 is 11.6 Å². The number of nitrogen functional groups attached to an aromatic ring is 1. The molecule has 1 aromatic carbocycles. The molecule has 5 aromatic rings. The van der Waals surface area contributed by atoms with E-state index in [1.54, 1.807) is 25.2 Å². The summed E-state index contributed by atoms with van der Waals surface area (Å²) in [4.78, 5) is 23.3. The standard InChI is InChI=1S/C21H20ClN11O2/c1-10(26-19-17(18(23)24-9-25-19)20-29-31-32(2)30-20)14-6-11-4-3-5-13(22)16(11)21(35)33(14)15-7-12(8-34)27-28-15/h3-7,9-10,34H,8H2,1-2H3,(H,27,28)(H3,23,24,25,26). The molecular formula is C21H20ClN11O2. The summed E-state index contributed by atoms with van der Waals surface area (Å²) in [7, 11) is 1.63. The lowest BCUT2D eigenvalue weighted by molar-refractivity contribution is 0.276. The monoisotopic (exact) mass is 493 g/mol. The van der Waals surface area contributed by atoms with Crippen LogP contribution in [0.5, 0.6) is 0 Å². The first-order valence-electron chi connectivity index (χ1n) is 10.5. The van der Waals surface area contributed by atoms with Gasteiger partial charge >= 0.3 is 0 Å². The third-order valence-electron chi connectivity index (χ3n) is 5.45. The molecule has 4 aromatic heterocycles. The quantitative estimate of drug-likeness (QED) is 0.271. The van der Waals surface area contributed by atoms with E-state index in [1.165, 1.54) is 15.7 Å². The summed E-state index contributed by atoms with van der Waals surface area (Å²) < 4.78 is 1.44. The number of rotatable bonds is 6. The summed E-state index contributed by atoms with van der Waals surface area (Å²) in [5, 5.41) is 33.2. The molecule has 4 heterocycles. The van der Waals surface area contributed by atoms with Crippen LogP contribution in [0.1, 0.15) is 24.4 Å². The zero-order valence-electron chi connectivity index (χ0n) is 18.6. The number of aliphatic hydroxyl groups is 1. The van der Waals surface area contributed by atoms with Crippen molar-refractivity contribution in [2.75, 3.05) is 11.1 Å². The molecule has 0 aliphatic heterocycles. The van der Waals surface area contributed by atoms with E-state index < -0.39 is 6.04 Å². The molecule has 1 atom stereocenters. The van der Waals surface area contributed by atoms with Gasteiger partial charge in [-0.3, -0.25) is 14.5 Å². The smallest absolute Gasteiger partial charge is 0.266 e. The second-order valence-electron chi connectivity index (χ2n) is 7.77. The maximum atomic E-state index is 13.6. The summed E-state index contributed by atoms with van der Waals surface area (Å²) >= 11 is 6.37. The number of nitrogens with one attached hydrogen (secondary N) is 2. The number of aromatic amines is 1. The molecule has 1 unspecified atom stereocenters. The molecule has 0 spiro atoms. The molecule has 0 saturated carbocycles. The number of halogens is 1. The molecule has 5 rings (SSSR count). The number of benzene rings is 1. The van der Waals surface area contributed by atoms with E-state index >= 15 is 0 Å². The van der Waals surface area contributed by atoms with Crippen LogP contribution in [-0.4, -0.2) is 50.0 Å². The number of nitrogens with two attached hydrogens (primary N) is 1. The van der Waals surface area contributed by atoms with Crippen LogP contribution in [0.25, 0.3) is 28.0 Å². The van der Waals surface area contributed by atoms with E-state index in [0.29, 0.717) is 44.4 Å². The molecule has 0 radical (unpaired) electrons. The van der Waals surface area contributed by atoms with E-state index in [2.05, 4.69) is 40.9 Å². The molecule has 0 bridgehead atoms. The third-order valence-corrected chi connectivity index (χ3v) is 5.76. The van der Waals surface area contributed by atoms with Gasteiger partial charge < -0.3 is 16.2 Å². The number of nitrogens with zero attached hydrogens (tertiary/aromatic N) is 8. The lowest BCUT2D eigenvalue weighted by atomic mass is 10.1. The van der Waals surface area contributed by atoms with E-state index in [9.17, 15) is 9.90 Å². The molecule has 0 aliphatic rings. The van der Waals surface area contributed by atoms with Gasteiger partial charge in [0.15, 0.2) is 5.82 Å². The Hall–Kier alpha value is -4.36. The van der Waals surface area contributed by atoms with Crippen molar-refractivity contribution in [3.05, 3.63) is 63.4 Å².